The van der Waals surface area contributed by atoms with Crippen LogP contribution in [0.3, 0.4) is 0 Å². The predicted molar refractivity (Wildman–Crippen MR) is 124 cm³/mol. The number of anilines is 1. The number of thiazole rings is 1. The van der Waals surface area contributed by atoms with Gasteiger partial charge in [-0.15, -0.1) is 0 Å². The first-order chi connectivity index (χ1) is 15.1. The molecule has 2 aromatic carbocycles. The maximum absolute atomic E-state index is 13.4. The van der Waals surface area contributed by atoms with E-state index in [0.29, 0.717) is 22.8 Å². The molecule has 0 fully saturated rings. The summed E-state index contributed by atoms with van der Waals surface area (Å²) < 4.78 is 3.08. The maximum atomic E-state index is 13.4. The molecule has 158 valence electrons. The molecule has 0 bridgehead atoms. The van der Waals surface area contributed by atoms with Gasteiger partial charge in [0.1, 0.15) is 0 Å². The molecule has 4 rings (SSSR count). The van der Waals surface area contributed by atoms with E-state index in [9.17, 15) is 9.59 Å². The van der Waals surface area contributed by atoms with Gasteiger partial charge in [-0.1, -0.05) is 42.5 Å². The summed E-state index contributed by atoms with van der Waals surface area (Å²) in [4.78, 5) is 35.7. The van der Waals surface area contributed by atoms with E-state index in [2.05, 4.69) is 18.0 Å². The molecular formula is C24H24N4O2S. The van der Waals surface area contributed by atoms with Gasteiger partial charge in [-0.05, 0) is 43.5 Å². The van der Waals surface area contributed by atoms with E-state index in [-0.39, 0.29) is 11.7 Å². The number of Topliss-reactive ketones (excluding diaryl/α,β-unsaturated/α-hetero) is 1. The van der Waals surface area contributed by atoms with E-state index < -0.39 is 0 Å². The summed E-state index contributed by atoms with van der Waals surface area (Å²) >= 11 is 1.53. The first kappa shape index (κ1) is 20.9. The number of para-hydroxylation sites is 1. The first-order valence-corrected chi connectivity index (χ1v) is 11.2. The van der Waals surface area contributed by atoms with Crippen LogP contribution in [0, 0.1) is 0 Å². The van der Waals surface area contributed by atoms with Gasteiger partial charge in [0, 0.05) is 36.6 Å². The van der Waals surface area contributed by atoms with Crippen LogP contribution in [-0.4, -0.2) is 32.8 Å². The third kappa shape index (κ3) is 4.56. The molecule has 7 heteroatoms. The molecule has 0 saturated carbocycles. The SMILES string of the molecule is CCc1cccc2sc(N(CCCn3ccnc3)C(=O)c3ccc(C(C)=O)cc3)nc12. The van der Waals surface area contributed by atoms with Crippen molar-refractivity contribution >= 4 is 38.4 Å². The van der Waals surface area contributed by atoms with Gasteiger partial charge in [-0.2, -0.15) is 0 Å². The van der Waals surface area contributed by atoms with Gasteiger partial charge < -0.3 is 4.57 Å². The lowest BCUT2D eigenvalue weighted by atomic mass is 10.1. The molecule has 0 spiro atoms. The monoisotopic (exact) mass is 432 g/mol. The number of fused-ring (bicyclic) bond motifs is 1. The van der Waals surface area contributed by atoms with E-state index >= 15 is 0 Å². The molecule has 31 heavy (non-hydrogen) atoms. The summed E-state index contributed by atoms with van der Waals surface area (Å²) in [5.74, 6) is -0.132. The lowest BCUT2D eigenvalue weighted by Gasteiger charge is -2.20. The quantitative estimate of drug-likeness (QED) is 0.368. The van der Waals surface area contributed by atoms with Crippen LogP contribution in [0.15, 0.2) is 61.2 Å². The van der Waals surface area contributed by atoms with Crippen LogP contribution in [0.5, 0.6) is 0 Å². The number of aryl methyl sites for hydroxylation is 2. The average molecular weight is 433 g/mol. The van der Waals surface area contributed by atoms with Crippen molar-refractivity contribution in [2.24, 2.45) is 0 Å². The van der Waals surface area contributed by atoms with Crippen molar-refractivity contribution < 1.29 is 9.59 Å². The van der Waals surface area contributed by atoms with Crippen LogP contribution >= 0.6 is 11.3 Å². The Hall–Kier alpha value is -3.32. The van der Waals surface area contributed by atoms with Crippen LogP contribution in [0.4, 0.5) is 5.13 Å². The van der Waals surface area contributed by atoms with Crippen molar-refractivity contribution in [3.63, 3.8) is 0 Å². The Bertz CT molecular complexity index is 1200. The lowest BCUT2D eigenvalue weighted by Crippen LogP contribution is -2.32. The minimum absolute atomic E-state index is 0.0190. The zero-order valence-corrected chi connectivity index (χ0v) is 18.4. The number of carbonyl (C=O) groups is 2. The van der Waals surface area contributed by atoms with Gasteiger partial charge in [0.15, 0.2) is 10.9 Å². The van der Waals surface area contributed by atoms with Crippen molar-refractivity contribution in [2.75, 3.05) is 11.4 Å². The minimum Gasteiger partial charge on any atom is -0.337 e. The van der Waals surface area contributed by atoms with Crippen LogP contribution in [0.2, 0.25) is 0 Å². The van der Waals surface area contributed by atoms with Gasteiger partial charge in [0.25, 0.3) is 5.91 Å². The zero-order valence-electron chi connectivity index (χ0n) is 17.6. The number of aromatic nitrogens is 3. The van der Waals surface area contributed by atoms with Crippen molar-refractivity contribution in [3.8, 4) is 0 Å². The molecule has 0 unspecified atom stereocenters. The molecule has 0 saturated heterocycles. The molecule has 1 amide bonds. The number of rotatable bonds is 8. The number of carbonyl (C=O) groups excluding carboxylic acids is 2. The highest BCUT2D eigenvalue weighted by Gasteiger charge is 2.22. The second-order valence-electron chi connectivity index (χ2n) is 7.36. The van der Waals surface area contributed by atoms with Gasteiger partial charge in [0.05, 0.1) is 16.5 Å². The van der Waals surface area contributed by atoms with E-state index in [1.54, 1.807) is 41.7 Å². The van der Waals surface area contributed by atoms with Crippen LogP contribution in [0.25, 0.3) is 10.2 Å². The summed E-state index contributed by atoms with van der Waals surface area (Å²) in [6.07, 6.45) is 7.10. The Morgan fingerprint density at radius 1 is 1.10 bits per heavy atom. The van der Waals surface area contributed by atoms with Gasteiger partial charge in [-0.3, -0.25) is 14.5 Å². The molecule has 0 N–H and O–H groups in total. The summed E-state index contributed by atoms with van der Waals surface area (Å²) in [5.41, 5.74) is 3.28. The van der Waals surface area contributed by atoms with Crippen molar-refractivity contribution in [3.05, 3.63) is 77.9 Å². The van der Waals surface area contributed by atoms with Crippen molar-refractivity contribution in [1.29, 1.82) is 0 Å². The highest BCUT2D eigenvalue weighted by molar-refractivity contribution is 7.22. The van der Waals surface area contributed by atoms with Crippen LogP contribution < -0.4 is 4.90 Å². The zero-order chi connectivity index (χ0) is 21.8. The molecule has 0 aliphatic rings. The highest BCUT2D eigenvalue weighted by atomic mass is 32.1. The van der Waals surface area contributed by atoms with Crippen LogP contribution in [-0.2, 0) is 13.0 Å². The Labute approximate surface area is 185 Å². The number of hydrogen-bond donors (Lipinski definition) is 0. The largest absolute Gasteiger partial charge is 0.337 e. The van der Waals surface area contributed by atoms with Crippen molar-refractivity contribution in [1.82, 2.24) is 14.5 Å². The summed E-state index contributed by atoms with van der Waals surface area (Å²) in [5, 5.41) is 0.696. The minimum atomic E-state index is -0.113. The molecule has 6 nitrogen and oxygen atoms in total. The number of hydrogen-bond acceptors (Lipinski definition) is 5. The molecule has 4 aromatic rings. The highest BCUT2D eigenvalue weighted by Crippen LogP contribution is 2.32. The summed E-state index contributed by atoms with van der Waals surface area (Å²) in [6.45, 7) is 4.93. The fourth-order valence-electron chi connectivity index (χ4n) is 3.51. The topological polar surface area (TPSA) is 68.1 Å². The second kappa shape index (κ2) is 9.22. The van der Waals surface area contributed by atoms with Gasteiger partial charge in [0.2, 0.25) is 0 Å². The molecule has 0 radical (unpaired) electrons. The average Bonchev–Trinajstić information content (AvgIpc) is 3.45. The Morgan fingerprint density at radius 3 is 2.55 bits per heavy atom. The van der Waals surface area contributed by atoms with Crippen LogP contribution in [0.1, 0.15) is 46.5 Å². The fraction of sp³-hybridized carbons (Fsp3) is 0.250. The fourth-order valence-corrected chi connectivity index (χ4v) is 4.55. The van der Waals surface area contributed by atoms with Gasteiger partial charge >= 0.3 is 0 Å². The molecule has 2 aromatic heterocycles. The number of nitrogens with zero attached hydrogens (tertiary/aromatic N) is 4. The summed E-state index contributed by atoms with van der Waals surface area (Å²) in [6, 6.07) is 13.0. The Balaban J connectivity index is 1.65. The third-order valence-electron chi connectivity index (χ3n) is 5.24. The summed E-state index contributed by atoms with van der Waals surface area (Å²) in [7, 11) is 0. The van der Waals surface area contributed by atoms with Crippen molar-refractivity contribution in [2.45, 2.75) is 33.2 Å². The first-order valence-electron chi connectivity index (χ1n) is 10.3. The molecule has 0 aliphatic heterocycles. The number of ketones is 1. The maximum Gasteiger partial charge on any atom is 0.260 e. The number of imidazole rings is 1. The third-order valence-corrected chi connectivity index (χ3v) is 6.29. The lowest BCUT2D eigenvalue weighted by molar-refractivity contribution is 0.0982. The normalized spacial score (nSPS) is 11.0. The second-order valence-corrected chi connectivity index (χ2v) is 8.37. The Morgan fingerprint density at radius 2 is 1.87 bits per heavy atom. The Kier molecular flexibility index (Phi) is 6.23. The molecular weight excluding hydrogens is 408 g/mol. The smallest absolute Gasteiger partial charge is 0.260 e. The predicted octanol–water partition coefficient (Wildman–Crippen LogP) is 4.99. The standard InChI is InChI=1S/C24H24N4O2S/c1-3-18-6-4-7-21-22(18)26-24(31-21)28(14-5-13-27-15-12-25-16-27)23(30)20-10-8-19(9-11-20)17(2)29/h4,6-12,15-16H,3,5,13-14H2,1-2H3. The number of benzene rings is 2. The number of amides is 1. The molecule has 0 atom stereocenters. The molecule has 0 aliphatic carbocycles. The van der Waals surface area contributed by atoms with E-state index in [4.69, 9.17) is 4.98 Å². The van der Waals surface area contributed by atoms with E-state index in [1.165, 1.54) is 23.8 Å². The van der Waals surface area contributed by atoms with E-state index in [1.807, 2.05) is 22.9 Å². The van der Waals surface area contributed by atoms with Gasteiger partial charge in [-0.25, -0.2) is 9.97 Å². The van der Waals surface area contributed by atoms with E-state index in [0.717, 1.165) is 29.6 Å². The molecule has 2 heterocycles.